The molecular formula is C18H11Cl3N2O2. The lowest BCUT2D eigenvalue weighted by atomic mass is 10.2. The fraction of sp³-hybridized carbons (Fsp3) is 0. The Morgan fingerprint density at radius 2 is 1.28 bits per heavy atom. The molecule has 0 bridgehead atoms. The highest BCUT2D eigenvalue weighted by atomic mass is 35.5. The molecule has 4 nitrogen and oxygen atoms in total. The van der Waals surface area contributed by atoms with Crippen LogP contribution >= 0.6 is 34.8 Å². The van der Waals surface area contributed by atoms with Gasteiger partial charge in [-0.25, -0.2) is 0 Å². The van der Waals surface area contributed by atoms with E-state index < -0.39 is 0 Å². The summed E-state index contributed by atoms with van der Waals surface area (Å²) in [7, 11) is 0. The number of hydrogen-bond acceptors (Lipinski definition) is 4. The van der Waals surface area contributed by atoms with Gasteiger partial charge in [0, 0.05) is 23.2 Å². The molecule has 25 heavy (non-hydrogen) atoms. The SMILES string of the molecule is Oc1c(Cl)cc(Cl)c2cccnc12.Oc1ccc(Cl)c2cccnc12. The standard InChI is InChI=1S/C9H5Cl2NO.C9H6ClNO/c10-6-4-7(11)9(13)8-5(6)2-1-3-12-8;10-7-3-4-8(12)9-6(7)2-1-5-11-9/h1-4,13H;1-5,12H. The summed E-state index contributed by atoms with van der Waals surface area (Å²) >= 11 is 17.5. The lowest BCUT2D eigenvalue weighted by Gasteiger charge is -2.03. The summed E-state index contributed by atoms with van der Waals surface area (Å²) in [5.41, 5.74) is 0.977. The van der Waals surface area contributed by atoms with E-state index in [1.54, 1.807) is 36.7 Å². The first kappa shape index (κ1) is 17.5. The van der Waals surface area contributed by atoms with E-state index in [-0.39, 0.29) is 16.5 Å². The van der Waals surface area contributed by atoms with Gasteiger partial charge in [0.2, 0.25) is 0 Å². The number of benzene rings is 2. The molecule has 7 heteroatoms. The van der Waals surface area contributed by atoms with Gasteiger partial charge in [0.25, 0.3) is 0 Å². The molecule has 2 aromatic carbocycles. The molecule has 0 aliphatic rings. The number of phenols is 2. The quantitative estimate of drug-likeness (QED) is 0.394. The molecule has 0 radical (unpaired) electrons. The van der Waals surface area contributed by atoms with E-state index in [9.17, 15) is 10.2 Å². The van der Waals surface area contributed by atoms with Crippen LogP contribution in [0.3, 0.4) is 0 Å². The number of hydrogen-bond donors (Lipinski definition) is 2. The zero-order chi connectivity index (χ0) is 18.0. The van der Waals surface area contributed by atoms with Gasteiger partial charge in [-0.1, -0.05) is 34.8 Å². The minimum Gasteiger partial charge on any atom is -0.506 e. The predicted octanol–water partition coefficient (Wildman–Crippen LogP) is 5.84. The summed E-state index contributed by atoms with van der Waals surface area (Å²) in [4.78, 5) is 7.99. The van der Waals surface area contributed by atoms with Crippen molar-refractivity contribution in [1.29, 1.82) is 0 Å². The van der Waals surface area contributed by atoms with Gasteiger partial charge >= 0.3 is 0 Å². The van der Waals surface area contributed by atoms with Gasteiger partial charge < -0.3 is 10.2 Å². The maximum atomic E-state index is 9.53. The predicted molar refractivity (Wildman–Crippen MR) is 102 cm³/mol. The molecule has 0 saturated carbocycles. The van der Waals surface area contributed by atoms with Crippen molar-refractivity contribution in [1.82, 2.24) is 9.97 Å². The van der Waals surface area contributed by atoms with E-state index in [4.69, 9.17) is 34.8 Å². The highest BCUT2D eigenvalue weighted by Crippen LogP contribution is 2.35. The second-order valence-corrected chi connectivity index (χ2v) is 6.28. The van der Waals surface area contributed by atoms with Crippen molar-refractivity contribution in [2.24, 2.45) is 0 Å². The molecule has 2 aromatic heterocycles. The number of rotatable bonds is 0. The highest BCUT2D eigenvalue weighted by molar-refractivity contribution is 6.39. The third-order valence-corrected chi connectivity index (χ3v) is 4.39. The van der Waals surface area contributed by atoms with Crippen LogP contribution in [0.4, 0.5) is 0 Å². The van der Waals surface area contributed by atoms with Crippen molar-refractivity contribution < 1.29 is 10.2 Å². The first-order valence-electron chi connectivity index (χ1n) is 7.13. The summed E-state index contributed by atoms with van der Waals surface area (Å²) in [6.07, 6.45) is 3.20. The van der Waals surface area contributed by atoms with Gasteiger partial charge in [-0.3, -0.25) is 9.97 Å². The first-order valence-corrected chi connectivity index (χ1v) is 8.26. The molecule has 0 aliphatic carbocycles. The second-order valence-electron chi connectivity index (χ2n) is 5.05. The fourth-order valence-electron chi connectivity index (χ4n) is 2.28. The topological polar surface area (TPSA) is 66.2 Å². The number of nitrogens with zero attached hydrogens (tertiary/aromatic N) is 2. The molecular weight excluding hydrogens is 383 g/mol. The minimum absolute atomic E-state index is 0.0262. The Morgan fingerprint density at radius 3 is 1.92 bits per heavy atom. The van der Waals surface area contributed by atoms with E-state index in [0.29, 0.717) is 26.5 Å². The van der Waals surface area contributed by atoms with Crippen LogP contribution in [-0.2, 0) is 0 Å². The first-order chi connectivity index (χ1) is 12.0. The summed E-state index contributed by atoms with van der Waals surface area (Å²) in [6, 6.07) is 11.8. The zero-order valence-corrected chi connectivity index (χ0v) is 14.9. The molecule has 4 aromatic rings. The summed E-state index contributed by atoms with van der Waals surface area (Å²) in [5.74, 6) is 0.136. The Balaban J connectivity index is 0.000000146. The van der Waals surface area contributed by atoms with E-state index in [2.05, 4.69) is 9.97 Å². The zero-order valence-electron chi connectivity index (χ0n) is 12.6. The fourth-order valence-corrected chi connectivity index (χ4v) is 3.01. The molecule has 2 heterocycles. The lowest BCUT2D eigenvalue weighted by molar-refractivity contribution is 0.480. The monoisotopic (exact) mass is 392 g/mol. The van der Waals surface area contributed by atoms with Crippen molar-refractivity contribution in [2.45, 2.75) is 0 Å². The summed E-state index contributed by atoms with van der Waals surface area (Å²) < 4.78 is 0. The van der Waals surface area contributed by atoms with Gasteiger partial charge in [-0.2, -0.15) is 0 Å². The van der Waals surface area contributed by atoms with Crippen molar-refractivity contribution in [3.05, 3.63) is 69.9 Å². The van der Waals surface area contributed by atoms with Crippen LogP contribution in [0.1, 0.15) is 0 Å². The van der Waals surface area contributed by atoms with Crippen LogP contribution in [0.25, 0.3) is 21.8 Å². The molecule has 0 aliphatic heterocycles. The number of fused-ring (bicyclic) bond motifs is 2. The smallest absolute Gasteiger partial charge is 0.160 e. The largest absolute Gasteiger partial charge is 0.506 e. The summed E-state index contributed by atoms with van der Waals surface area (Å²) in [6.45, 7) is 0. The van der Waals surface area contributed by atoms with Crippen molar-refractivity contribution in [3.63, 3.8) is 0 Å². The Bertz CT molecular complexity index is 1030. The number of pyridine rings is 2. The number of aromatic nitrogens is 2. The van der Waals surface area contributed by atoms with Crippen LogP contribution in [0.5, 0.6) is 11.5 Å². The molecule has 4 rings (SSSR count). The number of halogens is 3. The van der Waals surface area contributed by atoms with E-state index in [0.717, 1.165) is 5.39 Å². The summed E-state index contributed by atoms with van der Waals surface area (Å²) in [5, 5.41) is 21.7. The van der Waals surface area contributed by atoms with Gasteiger partial charge in [-0.05, 0) is 42.5 Å². The normalized spacial score (nSPS) is 10.5. The van der Waals surface area contributed by atoms with Gasteiger partial charge in [0.15, 0.2) is 5.75 Å². The van der Waals surface area contributed by atoms with Crippen molar-refractivity contribution in [3.8, 4) is 11.5 Å². The highest BCUT2D eigenvalue weighted by Gasteiger charge is 2.08. The molecule has 0 fully saturated rings. The minimum atomic E-state index is -0.0262. The molecule has 0 amide bonds. The Kier molecular flexibility index (Phi) is 5.13. The maximum Gasteiger partial charge on any atom is 0.160 e. The maximum absolute atomic E-state index is 9.53. The van der Waals surface area contributed by atoms with Gasteiger partial charge in [-0.15, -0.1) is 0 Å². The van der Waals surface area contributed by atoms with E-state index in [1.165, 1.54) is 12.1 Å². The molecule has 2 N–H and O–H groups in total. The molecule has 0 saturated heterocycles. The number of aromatic hydroxyl groups is 2. The van der Waals surface area contributed by atoms with Crippen LogP contribution in [-0.4, -0.2) is 20.2 Å². The third kappa shape index (κ3) is 3.56. The molecule has 126 valence electrons. The van der Waals surface area contributed by atoms with E-state index >= 15 is 0 Å². The van der Waals surface area contributed by atoms with Crippen LogP contribution in [0, 0.1) is 0 Å². The molecule has 0 atom stereocenters. The van der Waals surface area contributed by atoms with Gasteiger partial charge in [0.05, 0.1) is 15.1 Å². The Labute approximate surface area is 158 Å². The molecule has 0 spiro atoms. The van der Waals surface area contributed by atoms with E-state index in [1.807, 2.05) is 6.07 Å². The average molecular weight is 394 g/mol. The lowest BCUT2D eigenvalue weighted by Crippen LogP contribution is -1.80. The average Bonchev–Trinajstić information content (AvgIpc) is 2.64. The van der Waals surface area contributed by atoms with Crippen molar-refractivity contribution >= 4 is 56.6 Å². The van der Waals surface area contributed by atoms with Crippen LogP contribution < -0.4 is 0 Å². The Hall–Kier alpha value is -2.27. The molecule has 0 unspecified atom stereocenters. The number of phenolic OH excluding ortho intramolecular Hbond substituents is 2. The van der Waals surface area contributed by atoms with Crippen molar-refractivity contribution in [2.75, 3.05) is 0 Å². The Morgan fingerprint density at radius 1 is 0.680 bits per heavy atom. The van der Waals surface area contributed by atoms with Crippen LogP contribution in [0.2, 0.25) is 15.1 Å². The second kappa shape index (κ2) is 7.31. The van der Waals surface area contributed by atoms with Gasteiger partial charge in [0.1, 0.15) is 16.8 Å². The third-order valence-electron chi connectivity index (χ3n) is 3.46. The van der Waals surface area contributed by atoms with Crippen LogP contribution in [0.15, 0.2) is 54.9 Å².